The summed E-state index contributed by atoms with van der Waals surface area (Å²) < 4.78 is 0. The molecule has 0 radical (unpaired) electrons. The zero-order chi connectivity index (χ0) is 27.5. The van der Waals surface area contributed by atoms with Gasteiger partial charge in [-0.25, -0.2) is 4.79 Å². The molecule has 0 spiro atoms. The van der Waals surface area contributed by atoms with Crippen molar-refractivity contribution in [2.24, 2.45) is 17.4 Å². The number of nitrogens with two attached hydrogens (primary N) is 2. The van der Waals surface area contributed by atoms with Crippen LogP contribution in [0.2, 0.25) is 0 Å². The number of H-pyrrole nitrogens is 1. The molecule has 4 atom stereocenters. The lowest BCUT2D eigenvalue weighted by Crippen LogP contribution is -2.56. The molecule has 1 heterocycles. The predicted octanol–water partition coefficient (Wildman–Crippen LogP) is 0.772. The van der Waals surface area contributed by atoms with Gasteiger partial charge < -0.3 is 37.5 Å². The Labute approximate surface area is 217 Å². The first kappa shape index (κ1) is 29.8. The number of unbranched alkanes of at least 4 members (excludes halogenated alkanes) is 1. The van der Waals surface area contributed by atoms with Crippen LogP contribution in [0, 0.1) is 5.92 Å². The molecule has 0 aliphatic carbocycles. The third-order valence-electron chi connectivity index (χ3n) is 6.11. The van der Waals surface area contributed by atoms with Crippen LogP contribution in [0.15, 0.2) is 30.5 Å². The highest BCUT2D eigenvalue weighted by molar-refractivity contribution is 5.94. The van der Waals surface area contributed by atoms with Crippen molar-refractivity contribution < 1.29 is 24.3 Å². The van der Waals surface area contributed by atoms with Gasteiger partial charge in [0.2, 0.25) is 17.7 Å². The lowest BCUT2D eigenvalue weighted by Gasteiger charge is -2.24. The molecule has 9 N–H and O–H groups in total. The van der Waals surface area contributed by atoms with Crippen LogP contribution in [0.5, 0.6) is 0 Å². The number of hydrogen-bond acceptors (Lipinski definition) is 6. The number of carboxylic acid groups (broad SMARTS) is 1. The summed E-state index contributed by atoms with van der Waals surface area (Å²) in [7, 11) is 0. The van der Waals surface area contributed by atoms with Crippen LogP contribution in [0.1, 0.15) is 52.0 Å². The fourth-order valence-corrected chi connectivity index (χ4v) is 4.04. The first-order chi connectivity index (χ1) is 17.5. The molecule has 204 valence electrons. The Morgan fingerprint density at radius 3 is 2.27 bits per heavy atom. The van der Waals surface area contributed by atoms with E-state index in [0.717, 1.165) is 16.5 Å². The summed E-state index contributed by atoms with van der Waals surface area (Å²) in [6.07, 6.45) is 3.91. The maximum atomic E-state index is 13.0. The Bertz CT molecular complexity index is 1070. The van der Waals surface area contributed by atoms with Gasteiger partial charge in [0, 0.05) is 17.1 Å². The summed E-state index contributed by atoms with van der Waals surface area (Å²) in [6.45, 7) is 5.60. The maximum absolute atomic E-state index is 13.0. The second-order valence-corrected chi connectivity index (χ2v) is 9.77. The smallest absolute Gasteiger partial charge is 0.326 e. The van der Waals surface area contributed by atoms with Crippen LogP contribution in [-0.4, -0.2) is 64.5 Å². The van der Waals surface area contributed by atoms with E-state index in [2.05, 4.69) is 20.9 Å². The summed E-state index contributed by atoms with van der Waals surface area (Å²) in [6, 6.07) is 3.81. The van der Waals surface area contributed by atoms with E-state index < -0.39 is 47.9 Å². The van der Waals surface area contributed by atoms with E-state index in [9.17, 15) is 24.3 Å². The molecule has 0 aliphatic heterocycles. The normalized spacial score (nSPS) is 14.5. The van der Waals surface area contributed by atoms with Crippen LogP contribution in [0.4, 0.5) is 0 Å². The molecule has 37 heavy (non-hydrogen) atoms. The monoisotopic (exact) mass is 516 g/mol. The van der Waals surface area contributed by atoms with Gasteiger partial charge >= 0.3 is 5.97 Å². The molecule has 3 amide bonds. The molecule has 1 aromatic heterocycles. The summed E-state index contributed by atoms with van der Waals surface area (Å²) >= 11 is 0. The number of hydrogen-bond donors (Lipinski definition) is 7. The van der Waals surface area contributed by atoms with Gasteiger partial charge in [-0.1, -0.05) is 32.0 Å². The first-order valence-corrected chi connectivity index (χ1v) is 12.7. The molecule has 0 fully saturated rings. The van der Waals surface area contributed by atoms with Gasteiger partial charge in [0.05, 0.1) is 6.04 Å². The zero-order valence-electron chi connectivity index (χ0n) is 21.8. The van der Waals surface area contributed by atoms with E-state index in [4.69, 9.17) is 11.5 Å². The number of benzene rings is 1. The van der Waals surface area contributed by atoms with Gasteiger partial charge in [-0.15, -0.1) is 0 Å². The number of carbonyl (C=O) groups excluding carboxylic acids is 3. The Balaban J connectivity index is 2.02. The van der Waals surface area contributed by atoms with Crippen LogP contribution in [0.3, 0.4) is 0 Å². The molecule has 11 nitrogen and oxygen atoms in total. The molecule has 2 aromatic rings. The SMILES string of the molecule is CC(C)CC(NC(=O)C(C)NC(=O)C(CCCCN)NC(=O)C(N)Cc1c[nH]c2ccccc12)C(=O)O. The van der Waals surface area contributed by atoms with Crippen molar-refractivity contribution >= 4 is 34.6 Å². The number of aromatic nitrogens is 1. The largest absolute Gasteiger partial charge is 0.480 e. The quantitative estimate of drug-likeness (QED) is 0.170. The molecule has 0 saturated heterocycles. The average Bonchev–Trinajstić information content (AvgIpc) is 3.25. The first-order valence-electron chi connectivity index (χ1n) is 12.7. The van der Waals surface area contributed by atoms with Crippen LogP contribution in [-0.2, 0) is 25.6 Å². The summed E-state index contributed by atoms with van der Waals surface area (Å²) in [5.41, 5.74) is 13.6. The summed E-state index contributed by atoms with van der Waals surface area (Å²) in [5.74, 6) is -2.75. The fraction of sp³-hybridized carbons (Fsp3) is 0.538. The highest BCUT2D eigenvalue weighted by Crippen LogP contribution is 2.19. The Morgan fingerprint density at radius 2 is 1.62 bits per heavy atom. The summed E-state index contributed by atoms with van der Waals surface area (Å²) in [4.78, 5) is 53.1. The van der Waals surface area contributed by atoms with E-state index >= 15 is 0 Å². The molecular weight excluding hydrogens is 476 g/mol. The van der Waals surface area contributed by atoms with Gasteiger partial charge in [-0.2, -0.15) is 0 Å². The minimum absolute atomic E-state index is 0.0573. The number of amides is 3. The summed E-state index contributed by atoms with van der Waals surface area (Å²) in [5, 5.41) is 18.1. The number of carbonyl (C=O) groups is 4. The van der Waals surface area contributed by atoms with Crippen molar-refractivity contribution in [1.29, 1.82) is 0 Å². The molecule has 2 rings (SSSR count). The molecule has 11 heteroatoms. The van der Waals surface area contributed by atoms with E-state index in [1.807, 2.05) is 44.3 Å². The Morgan fingerprint density at radius 1 is 0.946 bits per heavy atom. The molecule has 0 aliphatic rings. The minimum Gasteiger partial charge on any atom is -0.480 e. The van der Waals surface area contributed by atoms with Gasteiger partial charge in [0.1, 0.15) is 18.1 Å². The van der Waals surface area contributed by atoms with E-state index in [0.29, 0.717) is 25.8 Å². The van der Waals surface area contributed by atoms with Crippen molar-refractivity contribution in [3.05, 3.63) is 36.0 Å². The number of nitrogens with one attached hydrogen (secondary N) is 4. The van der Waals surface area contributed by atoms with Gasteiger partial charge in [-0.3, -0.25) is 14.4 Å². The number of aliphatic carboxylic acids is 1. The Kier molecular flexibility index (Phi) is 11.5. The Hall–Kier alpha value is -3.44. The number of aromatic amines is 1. The highest BCUT2D eigenvalue weighted by Gasteiger charge is 2.28. The lowest BCUT2D eigenvalue weighted by atomic mass is 10.0. The maximum Gasteiger partial charge on any atom is 0.326 e. The average molecular weight is 517 g/mol. The van der Waals surface area contributed by atoms with E-state index in [1.54, 1.807) is 0 Å². The predicted molar refractivity (Wildman–Crippen MR) is 141 cm³/mol. The molecule has 1 aromatic carbocycles. The third kappa shape index (κ3) is 9.18. The fourth-order valence-electron chi connectivity index (χ4n) is 4.04. The van der Waals surface area contributed by atoms with Gasteiger partial charge in [-0.05, 0) is 63.1 Å². The zero-order valence-corrected chi connectivity index (χ0v) is 21.8. The van der Waals surface area contributed by atoms with Crippen LogP contribution < -0.4 is 27.4 Å². The second kappa shape index (κ2) is 14.3. The highest BCUT2D eigenvalue weighted by atomic mass is 16.4. The minimum atomic E-state index is -1.14. The third-order valence-corrected chi connectivity index (χ3v) is 6.11. The van der Waals surface area contributed by atoms with Crippen molar-refractivity contribution in [2.75, 3.05) is 6.54 Å². The van der Waals surface area contributed by atoms with Crippen molar-refractivity contribution in [2.45, 2.75) is 77.0 Å². The number of para-hydroxylation sites is 1. The lowest BCUT2D eigenvalue weighted by molar-refractivity contribution is -0.142. The number of fused-ring (bicyclic) bond motifs is 1. The van der Waals surface area contributed by atoms with Gasteiger partial charge in [0.15, 0.2) is 0 Å². The number of rotatable bonds is 15. The van der Waals surface area contributed by atoms with Crippen molar-refractivity contribution in [1.82, 2.24) is 20.9 Å². The van der Waals surface area contributed by atoms with E-state index in [1.165, 1.54) is 6.92 Å². The molecule has 4 unspecified atom stereocenters. The standard InChI is InChI=1S/C26H40N6O5/c1-15(2)12-22(26(36)37)32-23(33)16(3)30-25(35)21(10-6-7-11-27)31-24(34)19(28)13-17-14-29-20-9-5-4-8-18(17)20/h4-5,8-9,14-16,19,21-22,29H,6-7,10-13,27-28H2,1-3H3,(H,30,35)(H,31,34)(H,32,33)(H,36,37). The van der Waals surface area contributed by atoms with Crippen molar-refractivity contribution in [3.63, 3.8) is 0 Å². The van der Waals surface area contributed by atoms with Gasteiger partial charge in [0.25, 0.3) is 0 Å². The molecule has 0 saturated carbocycles. The van der Waals surface area contributed by atoms with E-state index in [-0.39, 0.29) is 18.8 Å². The van der Waals surface area contributed by atoms with Crippen LogP contribution in [0.25, 0.3) is 10.9 Å². The topological polar surface area (TPSA) is 192 Å². The number of carboxylic acids is 1. The second-order valence-electron chi connectivity index (χ2n) is 9.77. The molecule has 0 bridgehead atoms. The van der Waals surface area contributed by atoms with Crippen LogP contribution >= 0.6 is 0 Å². The van der Waals surface area contributed by atoms with Crippen molar-refractivity contribution in [3.8, 4) is 0 Å². The molecular formula is C26H40N6O5.